The molecule has 2 rings (SSSR count). The normalized spacial score (nSPS) is 38.1. The highest BCUT2D eigenvalue weighted by molar-refractivity contribution is 5.95. The van der Waals surface area contributed by atoms with E-state index in [0.717, 1.165) is 24.8 Å². The van der Waals surface area contributed by atoms with Crippen LogP contribution >= 0.6 is 0 Å². The molecule has 1 saturated carbocycles. The molecule has 4 heteroatoms. The average Bonchev–Trinajstić information content (AvgIpc) is 2.81. The monoisotopic (exact) mass is 362 g/mol. The Kier molecular flexibility index (Phi) is 6.17. The van der Waals surface area contributed by atoms with Crippen LogP contribution in [0.3, 0.4) is 0 Å². The van der Waals surface area contributed by atoms with Gasteiger partial charge in [0.25, 0.3) is 0 Å². The van der Waals surface area contributed by atoms with Gasteiger partial charge in [0, 0.05) is 25.7 Å². The van der Waals surface area contributed by atoms with Crippen LogP contribution in [0.15, 0.2) is 23.3 Å². The van der Waals surface area contributed by atoms with Crippen LogP contribution in [-0.2, 0) is 14.3 Å². The van der Waals surface area contributed by atoms with E-state index >= 15 is 0 Å². The van der Waals surface area contributed by atoms with Crippen molar-refractivity contribution in [2.24, 2.45) is 17.3 Å². The Morgan fingerprint density at radius 3 is 2.50 bits per heavy atom. The lowest BCUT2D eigenvalue weighted by atomic mass is 9.67. The lowest BCUT2D eigenvalue weighted by molar-refractivity contribution is -0.144. The number of carbonyl (C=O) groups excluding carboxylic acids is 2. The molecular formula is C22H34O4. The zero-order valence-electron chi connectivity index (χ0n) is 17.1. The molecule has 26 heavy (non-hydrogen) atoms. The molecule has 0 aromatic heterocycles. The van der Waals surface area contributed by atoms with Crippen molar-refractivity contribution >= 4 is 11.8 Å². The number of allylic oxidation sites excluding steroid dienone is 2. The molecule has 0 aromatic rings. The zero-order chi connectivity index (χ0) is 19.7. The van der Waals surface area contributed by atoms with E-state index in [0.29, 0.717) is 18.4 Å². The number of hydrogen-bond donors (Lipinski definition) is 1. The molecular weight excluding hydrogens is 328 g/mol. The molecule has 0 heterocycles. The third-order valence-corrected chi connectivity index (χ3v) is 6.71. The quantitative estimate of drug-likeness (QED) is 0.585. The summed E-state index contributed by atoms with van der Waals surface area (Å²) in [5.41, 5.74) is 0.757. The van der Waals surface area contributed by atoms with Crippen molar-refractivity contribution in [3.05, 3.63) is 23.3 Å². The number of ether oxygens (including phenoxy) is 1. The Labute approximate surface area is 157 Å². The van der Waals surface area contributed by atoms with Crippen molar-refractivity contribution in [2.75, 3.05) is 0 Å². The van der Waals surface area contributed by atoms with Gasteiger partial charge in [-0.15, -0.1) is 0 Å². The first-order valence-corrected chi connectivity index (χ1v) is 9.76. The number of ketones is 1. The Morgan fingerprint density at radius 2 is 1.92 bits per heavy atom. The number of hydrogen-bond acceptors (Lipinski definition) is 4. The molecule has 0 aromatic carbocycles. The van der Waals surface area contributed by atoms with Gasteiger partial charge in [0.15, 0.2) is 5.78 Å². The highest BCUT2D eigenvalue weighted by atomic mass is 16.5. The molecule has 4 atom stereocenters. The fourth-order valence-corrected chi connectivity index (χ4v) is 4.59. The fourth-order valence-electron chi connectivity index (χ4n) is 4.59. The number of aliphatic hydroxyl groups is 1. The maximum atomic E-state index is 12.8. The molecule has 4 nitrogen and oxygen atoms in total. The van der Waals surface area contributed by atoms with Crippen LogP contribution in [0.2, 0.25) is 0 Å². The van der Waals surface area contributed by atoms with Crippen LogP contribution in [0.25, 0.3) is 0 Å². The maximum Gasteiger partial charge on any atom is 0.303 e. The molecule has 0 saturated heterocycles. The molecule has 1 fully saturated rings. The van der Waals surface area contributed by atoms with Crippen LogP contribution < -0.4 is 0 Å². The highest BCUT2D eigenvalue weighted by Crippen LogP contribution is 2.56. The van der Waals surface area contributed by atoms with Gasteiger partial charge in [0.2, 0.25) is 0 Å². The summed E-state index contributed by atoms with van der Waals surface area (Å²) in [7, 11) is 0. The summed E-state index contributed by atoms with van der Waals surface area (Å²) in [4.78, 5) is 24.3. The smallest absolute Gasteiger partial charge is 0.303 e. The van der Waals surface area contributed by atoms with E-state index < -0.39 is 5.60 Å². The summed E-state index contributed by atoms with van der Waals surface area (Å²) in [5.74, 6) is -0.187. The molecule has 146 valence electrons. The van der Waals surface area contributed by atoms with Crippen molar-refractivity contribution in [3.8, 4) is 0 Å². The first kappa shape index (κ1) is 20.9. The van der Waals surface area contributed by atoms with Gasteiger partial charge in [0.05, 0.1) is 5.60 Å². The molecule has 0 aliphatic heterocycles. The third kappa shape index (κ3) is 4.11. The minimum absolute atomic E-state index is 0.0693. The summed E-state index contributed by atoms with van der Waals surface area (Å²) in [6.45, 7) is 11.5. The average molecular weight is 363 g/mol. The van der Waals surface area contributed by atoms with Gasteiger partial charge in [-0.3, -0.25) is 9.59 Å². The molecule has 0 bridgehead atoms. The Hall–Kier alpha value is -1.42. The topological polar surface area (TPSA) is 63.6 Å². The largest absolute Gasteiger partial charge is 0.458 e. The number of rotatable bonds is 2. The predicted molar refractivity (Wildman–Crippen MR) is 103 cm³/mol. The Bertz CT molecular complexity index is 630. The predicted octanol–water partition coefficient (Wildman–Crippen LogP) is 4.37. The summed E-state index contributed by atoms with van der Waals surface area (Å²) in [5, 5.41) is 11.4. The first-order valence-electron chi connectivity index (χ1n) is 9.76. The van der Waals surface area contributed by atoms with Gasteiger partial charge in [-0.1, -0.05) is 32.9 Å². The van der Waals surface area contributed by atoms with E-state index in [9.17, 15) is 14.7 Å². The van der Waals surface area contributed by atoms with Crippen LogP contribution in [0, 0.1) is 17.3 Å². The van der Waals surface area contributed by atoms with Crippen molar-refractivity contribution in [2.45, 2.75) is 85.4 Å². The van der Waals surface area contributed by atoms with Crippen LogP contribution in [0.1, 0.15) is 73.6 Å². The van der Waals surface area contributed by atoms with E-state index in [-0.39, 0.29) is 35.1 Å². The van der Waals surface area contributed by atoms with Gasteiger partial charge >= 0.3 is 5.97 Å². The van der Waals surface area contributed by atoms with Gasteiger partial charge in [0.1, 0.15) is 6.10 Å². The summed E-state index contributed by atoms with van der Waals surface area (Å²) in [6, 6.07) is 0. The van der Waals surface area contributed by atoms with Crippen molar-refractivity contribution in [1.82, 2.24) is 0 Å². The fraction of sp³-hybridized carbons (Fsp3) is 0.727. The minimum Gasteiger partial charge on any atom is -0.458 e. The van der Waals surface area contributed by atoms with Gasteiger partial charge in [-0.05, 0) is 55.6 Å². The second-order valence-electron chi connectivity index (χ2n) is 8.85. The molecule has 0 radical (unpaired) electrons. The third-order valence-electron chi connectivity index (χ3n) is 6.71. The Balaban J connectivity index is 2.45. The molecule has 2 aliphatic rings. The van der Waals surface area contributed by atoms with Crippen molar-refractivity contribution in [3.63, 3.8) is 0 Å². The molecule has 2 aliphatic carbocycles. The second kappa shape index (κ2) is 7.67. The van der Waals surface area contributed by atoms with Crippen LogP contribution in [0.4, 0.5) is 0 Å². The van der Waals surface area contributed by atoms with Crippen molar-refractivity contribution < 1.29 is 19.4 Å². The van der Waals surface area contributed by atoms with E-state index in [4.69, 9.17) is 4.74 Å². The second-order valence-corrected chi connectivity index (χ2v) is 8.85. The van der Waals surface area contributed by atoms with Crippen LogP contribution in [0.5, 0.6) is 0 Å². The molecule has 1 unspecified atom stereocenters. The van der Waals surface area contributed by atoms with Crippen LogP contribution in [-0.4, -0.2) is 28.6 Å². The van der Waals surface area contributed by atoms with E-state index in [1.807, 2.05) is 33.8 Å². The first-order chi connectivity index (χ1) is 12.0. The summed E-state index contributed by atoms with van der Waals surface area (Å²) < 4.78 is 5.47. The number of esters is 1. The van der Waals surface area contributed by atoms with E-state index in [1.54, 1.807) is 0 Å². The molecule has 1 N–H and O–H groups in total. The zero-order valence-corrected chi connectivity index (χ0v) is 17.1. The van der Waals surface area contributed by atoms with E-state index in [2.05, 4.69) is 13.0 Å². The highest BCUT2D eigenvalue weighted by Gasteiger charge is 2.55. The lowest BCUT2D eigenvalue weighted by Crippen LogP contribution is -2.44. The maximum absolute atomic E-state index is 12.8. The summed E-state index contributed by atoms with van der Waals surface area (Å²) in [6.07, 6.45) is 6.97. The molecule has 0 amide bonds. The number of fused-ring (bicyclic) bond motifs is 1. The SMILES string of the molecule is CC(=O)O[C@@H]1C/C=C(/C)C(=O)CC2[C@](C)(CC=C1C)CC[C@]2(O)C(C)C. The molecule has 0 spiro atoms. The lowest BCUT2D eigenvalue weighted by Gasteiger charge is -2.40. The minimum atomic E-state index is -0.810. The Morgan fingerprint density at radius 1 is 1.27 bits per heavy atom. The number of Topliss-reactive ketones (excluding diaryl/α,β-unsaturated/α-hetero) is 1. The van der Waals surface area contributed by atoms with E-state index in [1.165, 1.54) is 6.92 Å². The number of carbonyl (C=O) groups is 2. The van der Waals surface area contributed by atoms with Gasteiger partial charge in [-0.25, -0.2) is 0 Å². The van der Waals surface area contributed by atoms with Crippen molar-refractivity contribution in [1.29, 1.82) is 0 Å². The van der Waals surface area contributed by atoms with Gasteiger partial charge in [-0.2, -0.15) is 0 Å². The standard InChI is InChI=1S/C22H34O4/c1-14(2)22(25)12-11-21(6)10-9-16(4)19(26-17(5)23)8-7-15(3)18(24)13-20(21)22/h7,9,14,19-20,25H,8,10-13H2,1-6H3/b15-7-,16-9?/t19-,20?,21-,22+/m1/s1. The summed E-state index contributed by atoms with van der Waals surface area (Å²) >= 11 is 0. The van der Waals surface area contributed by atoms with Gasteiger partial charge < -0.3 is 9.84 Å².